The fourth-order valence-electron chi connectivity index (χ4n) is 2.11. The summed E-state index contributed by atoms with van der Waals surface area (Å²) in [6, 6.07) is 1.72. The van der Waals surface area contributed by atoms with Crippen LogP contribution < -0.4 is 14.2 Å². The van der Waals surface area contributed by atoms with E-state index in [-0.39, 0.29) is 11.5 Å². The lowest BCUT2D eigenvalue weighted by Gasteiger charge is -2.17. The van der Waals surface area contributed by atoms with Crippen molar-refractivity contribution in [1.29, 1.82) is 0 Å². The Kier molecular flexibility index (Phi) is 3.70. The third kappa shape index (κ3) is 2.11. The number of hydrogen-bond donors (Lipinski definition) is 0. The molecule has 0 aliphatic heterocycles. The summed E-state index contributed by atoms with van der Waals surface area (Å²) in [6.07, 6.45) is 1.50. The van der Waals surface area contributed by atoms with Gasteiger partial charge in [0.15, 0.2) is 17.1 Å². The molecule has 0 unspecified atom stereocenters. The minimum atomic E-state index is -0.195. The number of hydrogen-bond acceptors (Lipinski definition) is 5. The molecule has 0 bridgehead atoms. The van der Waals surface area contributed by atoms with Gasteiger partial charge in [-0.3, -0.25) is 4.79 Å². The van der Waals surface area contributed by atoms with Gasteiger partial charge < -0.3 is 18.6 Å². The van der Waals surface area contributed by atoms with Crippen LogP contribution >= 0.6 is 0 Å². The molecule has 106 valence electrons. The number of Topliss-reactive ketones (excluding diaryl/α,β-unsaturated/α-hetero) is 1. The van der Waals surface area contributed by atoms with Gasteiger partial charge in [0.2, 0.25) is 5.75 Å². The fourth-order valence-corrected chi connectivity index (χ4v) is 2.11. The summed E-state index contributed by atoms with van der Waals surface area (Å²) in [6.45, 7) is 6.81. The summed E-state index contributed by atoms with van der Waals surface area (Å²) in [7, 11) is 2.98. The molecule has 5 nitrogen and oxygen atoms in total. The molecule has 1 aromatic carbocycles. The Hall–Kier alpha value is -2.43. The zero-order valence-corrected chi connectivity index (χ0v) is 11.9. The van der Waals surface area contributed by atoms with Gasteiger partial charge in [-0.25, -0.2) is 0 Å². The Morgan fingerprint density at radius 1 is 1.15 bits per heavy atom. The summed E-state index contributed by atoms with van der Waals surface area (Å²) in [4.78, 5) is 12.0. The first-order chi connectivity index (χ1) is 9.51. The van der Waals surface area contributed by atoms with Gasteiger partial charge in [-0.15, -0.1) is 0 Å². The number of methoxy groups -OCH3 is 2. The van der Waals surface area contributed by atoms with E-state index >= 15 is 0 Å². The molecule has 2 aromatic rings. The number of allylic oxidation sites excluding steroid dienone is 1. The van der Waals surface area contributed by atoms with Gasteiger partial charge in [-0.2, -0.15) is 0 Å². The average Bonchev–Trinajstić information content (AvgIpc) is 2.84. The second kappa shape index (κ2) is 5.28. The molecular formula is C15H16O5. The van der Waals surface area contributed by atoms with Crippen LogP contribution in [0.25, 0.3) is 11.0 Å². The molecular weight excluding hydrogens is 260 g/mol. The molecule has 0 aliphatic rings. The number of carbonyl (C=O) groups excluding carboxylic acids is 1. The Labute approximate surface area is 116 Å². The van der Waals surface area contributed by atoms with E-state index in [0.29, 0.717) is 33.8 Å². The highest BCUT2D eigenvalue weighted by atomic mass is 16.5. The maximum Gasteiger partial charge on any atom is 0.206 e. The van der Waals surface area contributed by atoms with Crippen molar-refractivity contribution >= 4 is 16.8 Å². The van der Waals surface area contributed by atoms with E-state index in [1.807, 2.05) is 0 Å². The molecule has 0 atom stereocenters. The van der Waals surface area contributed by atoms with Crippen molar-refractivity contribution in [3.63, 3.8) is 0 Å². The molecule has 0 amide bonds. The van der Waals surface area contributed by atoms with Crippen molar-refractivity contribution in [2.24, 2.45) is 0 Å². The predicted molar refractivity (Wildman–Crippen MR) is 74.8 cm³/mol. The van der Waals surface area contributed by atoms with Crippen LogP contribution in [0, 0.1) is 0 Å². The molecule has 0 radical (unpaired) electrons. The van der Waals surface area contributed by atoms with Gasteiger partial charge in [-0.05, 0) is 19.9 Å². The van der Waals surface area contributed by atoms with E-state index < -0.39 is 0 Å². The van der Waals surface area contributed by atoms with Crippen molar-refractivity contribution in [2.45, 2.75) is 13.8 Å². The number of carbonyl (C=O) groups is 1. The lowest BCUT2D eigenvalue weighted by molar-refractivity contribution is 0.101. The number of ketones is 1. The summed E-state index contributed by atoms with van der Waals surface area (Å²) < 4.78 is 21.7. The molecule has 1 aromatic heterocycles. The monoisotopic (exact) mass is 276 g/mol. The minimum absolute atomic E-state index is 0.195. The molecule has 20 heavy (non-hydrogen) atoms. The third-order valence-electron chi connectivity index (χ3n) is 2.81. The Morgan fingerprint density at radius 2 is 1.80 bits per heavy atom. The number of furan rings is 1. The number of fused-ring (bicyclic) bond motifs is 1. The summed E-state index contributed by atoms with van der Waals surface area (Å²) in [5.41, 5.74) is 0.770. The number of rotatable bonds is 5. The van der Waals surface area contributed by atoms with Crippen molar-refractivity contribution in [1.82, 2.24) is 0 Å². The maximum absolute atomic E-state index is 12.0. The molecule has 0 fully saturated rings. The van der Waals surface area contributed by atoms with E-state index in [1.165, 1.54) is 27.4 Å². The van der Waals surface area contributed by atoms with Crippen molar-refractivity contribution in [3.8, 4) is 17.2 Å². The first kappa shape index (κ1) is 14.0. The number of benzene rings is 1. The first-order valence-corrected chi connectivity index (χ1v) is 6.00. The molecule has 5 heteroatoms. The van der Waals surface area contributed by atoms with Gasteiger partial charge in [0.25, 0.3) is 0 Å². The van der Waals surface area contributed by atoms with E-state index in [1.54, 1.807) is 13.0 Å². The van der Waals surface area contributed by atoms with Gasteiger partial charge in [0, 0.05) is 0 Å². The van der Waals surface area contributed by atoms with E-state index in [2.05, 4.69) is 6.58 Å². The lowest BCUT2D eigenvalue weighted by Crippen LogP contribution is -2.05. The van der Waals surface area contributed by atoms with Crippen molar-refractivity contribution in [2.75, 3.05) is 14.2 Å². The molecule has 2 rings (SSSR count). The highest BCUT2D eigenvalue weighted by Crippen LogP contribution is 2.46. The predicted octanol–water partition coefficient (Wildman–Crippen LogP) is 3.57. The van der Waals surface area contributed by atoms with Crippen LogP contribution in [-0.2, 0) is 0 Å². The normalized spacial score (nSPS) is 10.4. The number of ether oxygens (including phenoxy) is 3. The minimum Gasteiger partial charge on any atom is -0.495 e. The summed E-state index contributed by atoms with van der Waals surface area (Å²) >= 11 is 0. The summed E-state index contributed by atoms with van der Waals surface area (Å²) in [5, 5.41) is 0.656. The molecule has 0 aliphatic carbocycles. The quantitative estimate of drug-likeness (QED) is 0.617. The van der Waals surface area contributed by atoms with E-state index in [9.17, 15) is 4.79 Å². The van der Waals surface area contributed by atoms with Gasteiger partial charge in [0.1, 0.15) is 11.3 Å². The van der Waals surface area contributed by atoms with Crippen LogP contribution in [0.5, 0.6) is 17.2 Å². The standard InChI is InChI=1S/C15H16O5/c1-8(2)20-14-11(9(3)16)12(17-4)10-6-7-19-13(10)15(14)18-5/h6-7H,1H2,2-5H3. The first-order valence-electron chi connectivity index (χ1n) is 6.00. The Bertz CT molecular complexity index is 681. The zero-order chi connectivity index (χ0) is 14.9. The van der Waals surface area contributed by atoms with E-state index in [4.69, 9.17) is 18.6 Å². The molecule has 0 saturated carbocycles. The molecule has 0 spiro atoms. The van der Waals surface area contributed by atoms with Crippen LogP contribution in [0.4, 0.5) is 0 Å². The molecule has 0 saturated heterocycles. The molecule has 1 heterocycles. The SMILES string of the molecule is C=C(C)Oc1c(C(C)=O)c(OC)c2ccoc2c1OC. The van der Waals surface area contributed by atoms with Crippen molar-refractivity contribution in [3.05, 3.63) is 30.2 Å². The largest absolute Gasteiger partial charge is 0.495 e. The van der Waals surface area contributed by atoms with Crippen molar-refractivity contribution < 1.29 is 23.4 Å². The smallest absolute Gasteiger partial charge is 0.206 e. The maximum atomic E-state index is 12.0. The average molecular weight is 276 g/mol. The van der Waals surface area contributed by atoms with Gasteiger partial charge in [0.05, 0.1) is 31.6 Å². The molecule has 0 N–H and O–H groups in total. The highest BCUT2D eigenvalue weighted by molar-refractivity contribution is 6.08. The van der Waals surface area contributed by atoms with Gasteiger partial charge in [-0.1, -0.05) is 6.58 Å². The zero-order valence-electron chi connectivity index (χ0n) is 11.9. The lowest BCUT2D eigenvalue weighted by atomic mass is 10.0. The van der Waals surface area contributed by atoms with Crippen LogP contribution in [-0.4, -0.2) is 20.0 Å². The topological polar surface area (TPSA) is 57.9 Å². The second-order valence-corrected chi connectivity index (χ2v) is 4.29. The highest BCUT2D eigenvalue weighted by Gasteiger charge is 2.27. The third-order valence-corrected chi connectivity index (χ3v) is 2.81. The van der Waals surface area contributed by atoms with Gasteiger partial charge >= 0.3 is 0 Å². The van der Waals surface area contributed by atoms with E-state index in [0.717, 1.165) is 0 Å². The Morgan fingerprint density at radius 3 is 2.30 bits per heavy atom. The Balaban J connectivity index is 2.93. The van der Waals surface area contributed by atoms with Crippen LogP contribution in [0.1, 0.15) is 24.2 Å². The van der Waals surface area contributed by atoms with Crippen LogP contribution in [0.2, 0.25) is 0 Å². The second-order valence-electron chi connectivity index (χ2n) is 4.29. The van der Waals surface area contributed by atoms with Crippen LogP contribution in [0.15, 0.2) is 29.1 Å². The summed E-state index contributed by atoms with van der Waals surface area (Å²) in [5.74, 6) is 1.24. The van der Waals surface area contributed by atoms with Crippen LogP contribution in [0.3, 0.4) is 0 Å². The fraction of sp³-hybridized carbons (Fsp3) is 0.267.